The molecule has 5 nitrogen and oxygen atoms in total. The molecule has 1 aliphatic heterocycles. The number of fused-ring (bicyclic) bond motifs is 14. The minimum Gasteiger partial charge on any atom is -0.457 e. The Morgan fingerprint density at radius 1 is 0.457 bits per heavy atom. The van der Waals surface area contributed by atoms with Crippen molar-refractivity contribution in [2.45, 2.75) is 31.6 Å². The van der Waals surface area contributed by atoms with Gasteiger partial charge < -0.3 is 4.74 Å². The molecule has 0 radical (unpaired) electrons. The smallest absolute Gasteiger partial charge is 0.457 e. The summed E-state index contributed by atoms with van der Waals surface area (Å²) in [5, 5.41) is 2.33. The number of hydrogen-bond acceptors (Lipinski definition) is 2. The molecule has 0 bridgehead atoms. The predicted octanol–water partition coefficient (Wildman–Crippen LogP) is 16.1. The molecule has 0 amide bonds. The second-order valence-corrected chi connectivity index (χ2v) is 19.7. The van der Waals surface area contributed by atoms with Gasteiger partial charge in [0.1, 0.15) is 17.3 Å². The molecule has 0 unspecified atom stereocenters. The minimum atomic E-state index is -0.425. The zero-order chi connectivity index (χ0) is 46.7. The first-order valence-corrected chi connectivity index (χ1v) is 24.1. The molecule has 70 heavy (non-hydrogen) atoms. The quantitative estimate of drug-likeness (QED) is 0.156. The number of pyridine rings is 1. The van der Waals surface area contributed by atoms with Crippen LogP contribution in [0, 0.1) is 0 Å². The number of ether oxygens (including phenoxy) is 1. The maximum Gasteiger partial charge on any atom is 0.503 e. The van der Waals surface area contributed by atoms with Crippen molar-refractivity contribution < 1.29 is 4.74 Å². The Balaban J connectivity index is 0.873. The highest BCUT2D eigenvalue weighted by atomic mass is 16.5. The van der Waals surface area contributed by atoms with E-state index in [1.54, 1.807) is 0 Å². The Bertz CT molecular complexity index is 4020. The van der Waals surface area contributed by atoms with Crippen LogP contribution in [0.25, 0.3) is 61.0 Å². The number of aromatic nitrogens is 2. The van der Waals surface area contributed by atoms with Gasteiger partial charge in [0.15, 0.2) is 0 Å². The largest absolute Gasteiger partial charge is 0.503 e. The van der Waals surface area contributed by atoms with Crippen molar-refractivity contribution in [1.29, 1.82) is 0 Å². The molecular formula is C65H46N4O+2. The van der Waals surface area contributed by atoms with E-state index in [-0.39, 0.29) is 5.41 Å². The summed E-state index contributed by atoms with van der Waals surface area (Å²) in [7, 11) is 0. The monoisotopic (exact) mass is 898 g/mol. The number of nitrogens with zero attached hydrogens (tertiary/aromatic N) is 4. The molecule has 14 rings (SSSR count). The molecular weight excluding hydrogens is 853 g/mol. The van der Waals surface area contributed by atoms with Gasteiger partial charge in [0.05, 0.1) is 28.1 Å². The summed E-state index contributed by atoms with van der Waals surface area (Å²) < 4.78 is 13.4. The normalized spacial score (nSPS) is 13.7. The molecule has 330 valence electrons. The SMILES string of the molecule is CC(C)(C)c1ccnc(-n2c3ccccc3c3ccc(Oc4cccc([N+]5=C=[N+](c6ccccc6-c6ccc7c(c6)C6(c8ccccc8-c8ccccc86)c6ccccc6-7)c6ccccc65)c4)cc32)c1. The third-order valence-corrected chi connectivity index (χ3v) is 14.8. The van der Waals surface area contributed by atoms with Crippen LogP contribution < -0.4 is 13.9 Å². The standard InChI is InChI=1S/C65H46N4O/c1-64(2,3)43-35-36-66-63(38-43)69-59-28-13-8-23-52(59)53-34-32-46(40-62(53)69)70-45-18-16-17-44(39-45)67-41-68(61-30-15-14-29-60(61)67)58-27-12-7-19-47(58)42-31-33-51-50-22-6-11-26-56(50)65(57(51)37-42)54-24-9-4-20-48(54)49-21-5-10-25-55(49)65/h4-40H,1-3H3/q+2. The number of para-hydroxylation sites is 4. The molecule has 3 heterocycles. The van der Waals surface area contributed by atoms with Crippen LogP contribution in [-0.4, -0.2) is 15.6 Å². The Morgan fingerprint density at radius 3 is 1.76 bits per heavy atom. The molecule has 1 spiro atoms. The van der Waals surface area contributed by atoms with Crippen molar-refractivity contribution in [3.05, 3.63) is 252 Å². The Morgan fingerprint density at radius 2 is 1.04 bits per heavy atom. The molecule has 2 aromatic heterocycles. The Kier molecular flexibility index (Phi) is 8.65. The van der Waals surface area contributed by atoms with Crippen LogP contribution in [0.15, 0.2) is 225 Å². The van der Waals surface area contributed by atoms with Crippen LogP contribution in [0.2, 0.25) is 0 Å². The number of hydrogen-bond donors (Lipinski definition) is 0. The lowest BCUT2D eigenvalue weighted by Gasteiger charge is -2.30. The molecule has 5 heteroatoms. The lowest BCUT2D eigenvalue weighted by molar-refractivity contribution is 0.483. The van der Waals surface area contributed by atoms with Gasteiger partial charge in [-0.25, -0.2) is 4.98 Å². The van der Waals surface area contributed by atoms with Crippen molar-refractivity contribution in [3.8, 4) is 50.7 Å². The average Bonchev–Trinajstić information content (AvgIpc) is 4.13. The first kappa shape index (κ1) is 40.2. The zero-order valence-electron chi connectivity index (χ0n) is 39.1. The van der Waals surface area contributed by atoms with E-state index in [0.29, 0.717) is 0 Å². The van der Waals surface area contributed by atoms with Crippen LogP contribution in [0.3, 0.4) is 0 Å². The molecule has 2 aliphatic carbocycles. The summed E-state index contributed by atoms with van der Waals surface area (Å²) in [5.41, 5.74) is 19.8. The second-order valence-electron chi connectivity index (χ2n) is 19.7. The lowest BCUT2D eigenvalue weighted by atomic mass is 9.70. The highest BCUT2D eigenvalue weighted by Crippen LogP contribution is 2.63. The third kappa shape index (κ3) is 5.83. The van der Waals surface area contributed by atoms with E-state index in [9.17, 15) is 0 Å². The van der Waals surface area contributed by atoms with Crippen LogP contribution in [0.1, 0.15) is 48.6 Å². The first-order valence-electron chi connectivity index (χ1n) is 24.1. The van der Waals surface area contributed by atoms with Gasteiger partial charge in [0.25, 0.3) is 11.4 Å². The highest BCUT2D eigenvalue weighted by Gasteiger charge is 2.51. The number of rotatable bonds is 6. The maximum atomic E-state index is 6.77. The van der Waals surface area contributed by atoms with E-state index in [1.165, 1.54) is 55.5 Å². The Hall–Kier alpha value is -8.89. The van der Waals surface area contributed by atoms with Gasteiger partial charge in [-0.1, -0.05) is 154 Å². The summed E-state index contributed by atoms with van der Waals surface area (Å²) >= 11 is 0. The first-order chi connectivity index (χ1) is 34.3. The van der Waals surface area contributed by atoms with Crippen LogP contribution >= 0.6 is 0 Å². The fraction of sp³-hybridized carbons (Fsp3) is 0.0769. The average molecular weight is 899 g/mol. The van der Waals surface area contributed by atoms with Crippen LogP contribution in [0.5, 0.6) is 11.5 Å². The summed E-state index contributed by atoms with van der Waals surface area (Å²) in [4.78, 5) is 4.89. The van der Waals surface area contributed by atoms with Crippen molar-refractivity contribution in [2.75, 3.05) is 0 Å². The lowest BCUT2D eigenvalue weighted by Crippen LogP contribution is -2.25. The summed E-state index contributed by atoms with van der Waals surface area (Å²) in [5.74, 6) is 2.36. The molecule has 0 fully saturated rings. The van der Waals surface area contributed by atoms with Gasteiger partial charge in [0.2, 0.25) is 11.4 Å². The summed E-state index contributed by atoms with van der Waals surface area (Å²) in [6, 6.07) is 82.7. The van der Waals surface area contributed by atoms with Crippen molar-refractivity contribution in [3.63, 3.8) is 0 Å². The second kappa shape index (κ2) is 15.1. The van der Waals surface area contributed by atoms with Gasteiger partial charge in [-0.2, -0.15) is 0 Å². The molecule has 3 aliphatic rings. The third-order valence-electron chi connectivity index (χ3n) is 14.8. The van der Waals surface area contributed by atoms with E-state index < -0.39 is 5.41 Å². The molecule has 0 atom stereocenters. The molecule has 9 aromatic carbocycles. The molecule has 11 aromatic rings. The van der Waals surface area contributed by atoms with Gasteiger partial charge >= 0.3 is 6.01 Å². The van der Waals surface area contributed by atoms with Crippen molar-refractivity contribution in [1.82, 2.24) is 18.7 Å². The van der Waals surface area contributed by atoms with Crippen LogP contribution in [-0.2, 0) is 10.8 Å². The van der Waals surface area contributed by atoms with Crippen molar-refractivity contribution in [2.24, 2.45) is 0 Å². The van der Waals surface area contributed by atoms with Crippen LogP contribution in [0.4, 0.5) is 22.7 Å². The molecule has 0 N–H and O–H groups in total. The van der Waals surface area contributed by atoms with E-state index in [1.807, 2.05) is 12.3 Å². The fourth-order valence-electron chi connectivity index (χ4n) is 11.7. The summed E-state index contributed by atoms with van der Waals surface area (Å²) in [6.45, 7) is 6.71. The van der Waals surface area contributed by atoms with Crippen molar-refractivity contribution >= 4 is 50.6 Å². The van der Waals surface area contributed by atoms with Gasteiger partial charge in [0, 0.05) is 47.3 Å². The predicted molar refractivity (Wildman–Crippen MR) is 286 cm³/mol. The fourth-order valence-corrected chi connectivity index (χ4v) is 11.7. The van der Waals surface area contributed by atoms with E-state index in [4.69, 9.17) is 9.72 Å². The van der Waals surface area contributed by atoms with E-state index >= 15 is 0 Å². The topological polar surface area (TPSA) is 33.1 Å². The van der Waals surface area contributed by atoms with Gasteiger partial charge in [-0.05, 0) is 119 Å². The molecule has 0 saturated heterocycles. The summed E-state index contributed by atoms with van der Waals surface area (Å²) in [6.07, 6.45) is 1.92. The minimum absolute atomic E-state index is 0.0166. The number of benzene rings is 9. The van der Waals surface area contributed by atoms with Gasteiger partial charge in [-0.15, -0.1) is 0 Å². The zero-order valence-corrected chi connectivity index (χ0v) is 39.1. The highest BCUT2D eigenvalue weighted by molar-refractivity contribution is 6.09. The molecule has 0 saturated carbocycles. The van der Waals surface area contributed by atoms with E-state index in [2.05, 4.69) is 253 Å². The van der Waals surface area contributed by atoms with Gasteiger partial charge in [-0.3, -0.25) is 4.57 Å². The Labute approximate surface area is 406 Å². The van der Waals surface area contributed by atoms with E-state index in [0.717, 1.165) is 67.6 Å². The maximum absolute atomic E-state index is 6.77.